The second-order valence-corrected chi connectivity index (χ2v) is 8.50. The summed E-state index contributed by atoms with van der Waals surface area (Å²) in [5.74, 6) is 0. The third-order valence-electron chi connectivity index (χ3n) is 6.32. The van der Waals surface area contributed by atoms with E-state index in [0.717, 1.165) is 38.4 Å². The van der Waals surface area contributed by atoms with E-state index in [-0.39, 0.29) is 0 Å². The van der Waals surface area contributed by atoms with Gasteiger partial charge < -0.3 is 0 Å². The van der Waals surface area contributed by atoms with Crippen molar-refractivity contribution >= 4 is 16.5 Å². The van der Waals surface area contributed by atoms with E-state index in [9.17, 15) is 0 Å². The summed E-state index contributed by atoms with van der Waals surface area (Å²) in [4.78, 5) is 2.54. The van der Waals surface area contributed by atoms with Gasteiger partial charge in [0.15, 0.2) is 0 Å². The molecule has 0 saturated carbocycles. The number of rotatable bonds is 5. The summed E-state index contributed by atoms with van der Waals surface area (Å²) in [5, 5.41) is 9.83. The molecule has 1 aliphatic heterocycles. The highest BCUT2D eigenvalue weighted by molar-refractivity contribution is 5.98. The predicted molar refractivity (Wildman–Crippen MR) is 135 cm³/mol. The number of hydrogen-bond acceptors (Lipinski definition) is 3. The van der Waals surface area contributed by atoms with Crippen LogP contribution in [-0.4, -0.2) is 41.8 Å². The molecule has 0 unspecified atom stereocenters. The largest absolute Gasteiger partial charge is 0.295 e. The summed E-state index contributed by atoms with van der Waals surface area (Å²) in [5.41, 5.74) is 6.16. The summed E-state index contributed by atoms with van der Waals surface area (Å²) in [6, 6.07) is 34.5. The molecule has 1 heterocycles. The van der Waals surface area contributed by atoms with E-state index < -0.39 is 0 Å². The summed E-state index contributed by atoms with van der Waals surface area (Å²) in [7, 11) is 0. The quantitative estimate of drug-likeness (QED) is 0.367. The minimum Gasteiger partial charge on any atom is -0.295 e. The summed E-state index contributed by atoms with van der Waals surface area (Å²) >= 11 is 0. The van der Waals surface area contributed by atoms with Gasteiger partial charge >= 0.3 is 0 Å². The monoisotopic (exact) mass is 419 g/mol. The lowest BCUT2D eigenvalue weighted by Gasteiger charge is -2.33. The van der Waals surface area contributed by atoms with Crippen LogP contribution >= 0.6 is 0 Å². The molecule has 1 fully saturated rings. The molecule has 0 radical (unpaired) electrons. The van der Waals surface area contributed by atoms with Crippen LogP contribution < -0.4 is 0 Å². The standard InChI is InChI=1S/C29H29N3/c1-23(24-14-16-26(17-15-24)25-8-3-2-4-9-25)30-32-20-18-31(19-21-32)22-28-12-7-11-27-10-5-6-13-29(27)28/h2-17H,18-22H2,1H3/b30-23+. The Morgan fingerprint density at radius 3 is 2.12 bits per heavy atom. The maximum Gasteiger partial charge on any atom is 0.0646 e. The minimum absolute atomic E-state index is 0.963. The lowest BCUT2D eigenvalue weighted by Crippen LogP contribution is -2.43. The summed E-state index contributed by atoms with van der Waals surface area (Å²) < 4.78 is 0. The van der Waals surface area contributed by atoms with Gasteiger partial charge in [-0.25, -0.2) is 0 Å². The van der Waals surface area contributed by atoms with Crippen LogP contribution in [0.4, 0.5) is 0 Å². The van der Waals surface area contributed by atoms with Crippen LogP contribution in [0, 0.1) is 0 Å². The third-order valence-corrected chi connectivity index (χ3v) is 6.32. The number of hydrazone groups is 1. The van der Waals surface area contributed by atoms with Crippen molar-refractivity contribution < 1.29 is 0 Å². The van der Waals surface area contributed by atoms with Crippen molar-refractivity contribution in [3.05, 3.63) is 108 Å². The predicted octanol–water partition coefficient (Wildman–Crippen LogP) is 6.05. The molecule has 0 spiro atoms. The molecular formula is C29H29N3. The van der Waals surface area contributed by atoms with Crippen molar-refractivity contribution in [2.45, 2.75) is 13.5 Å². The topological polar surface area (TPSA) is 18.8 Å². The van der Waals surface area contributed by atoms with Crippen LogP contribution in [-0.2, 0) is 6.54 Å². The summed E-state index contributed by atoms with van der Waals surface area (Å²) in [6.07, 6.45) is 0. The fourth-order valence-corrected chi connectivity index (χ4v) is 4.47. The first-order chi connectivity index (χ1) is 15.8. The highest BCUT2D eigenvalue weighted by Crippen LogP contribution is 2.21. The Bertz CT molecular complexity index is 1200. The van der Waals surface area contributed by atoms with Gasteiger partial charge in [-0.15, -0.1) is 0 Å². The fraction of sp³-hybridized carbons (Fsp3) is 0.207. The lowest BCUT2D eigenvalue weighted by atomic mass is 10.0. The molecule has 0 bridgehead atoms. The number of fused-ring (bicyclic) bond motifs is 1. The van der Waals surface area contributed by atoms with Crippen molar-refractivity contribution in [1.82, 2.24) is 9.91 Å². The van der Waals surface area contributed by atoms with Gasteiger partial charge in [0.25, 0.3) is 0 Å². The van der Waals surface area contributed by atoms with Gasteiger partial charge in [0.05, 0.1) is 5.71 Å². The Hall–Kier alpha value is -3.43. The summed E-state index contributed by atoms with van der Waals surface area (Å²) in [6.45, 7) is 7.10. The molecule has 4 aromatic rings. The first-order valence-corrected chi connectivity index (χ1v) is 11.4. The highest BCUT2D eigenvalue weighted by atomic mass is 15.5. The zero-order valence-electron chi connectivity index (χ0n) is 18.6. The van der Waals surface area contributed by atoms with Crippen molar-refractivity contribution in [2.24, 2.45) is 5.10 Å². The van der Waals surface area contributed by atoms with Gasteiger partial charge in [-0.05, 0) is 39.9 Å². The highest BCUT2D eigenvalue weighted by Gasteiger charge is 2.17. The normalized spacial score (nSPS) is 15.3. The lowest BCUT2D eigenvalue weighted by molar-refractivity contribution is 0.131. The molecule has 3 nitrogen and oxygen atoms in total. The average molecular weight is 420 g/mol. The van der Waals surface area contributed by atoms with E-state index in [2.05, 4.69) is 114 Å². The van der Waals surface area contributed by atoms with Gasteiger partial charge in [0.2, 0.25) is 0 Å². The minimum atomic E-state index is 0.963. The Morgan fingerprint density at radius 2 is 1.34 bits per heavy atom. The molecule has 32 heavy (non-hydrogen) atoms. The van der Waals surface area contributed by atoms with E-state index >= 15 is 0 Å². The average Bonchev–Trinajstić information content (AvgIpc) is 2.86. The van der Waals surface area contributed by atoms with Crippen LogP contribution in [0.15, 0.2) is 102 Å². The molecule has 0 N–H and O–H groups in total. The molecule has 160 valence electrons. The fourth-order valence-electron chi connectivity index (χ4n) is 4.47. The van der Waals surface area contributed by atoms with Crippen LogP contribution in [0.1, 0.15) is 18.1 Å². The van der Waals surface area contributed by atoms with E-state index in [0.29, 0.717) is 0 Å². The molecule has 1 aliphatic rings. The molecule has 0 atom stereocenters. The Balaban J connectivity index is 1.20. The second kappa shape index (κ2) is 9.37. The molecule has 0 aromatic heterocycles. The molecule has 1 saturated heterocycles. The Labute approximate surface area is 190 Å². The van der Waals surface area contributed by atoms with Crippen molar-refractivity contribution in [2.75, 3.05) is 26.2 Å². The Kier molecular flexibility index (Phi) is 6.00. The van der Waals surface area contributed by atoms with E-state index in [1.54, 1.807) is 0 Å². The van der Waals surface area contributed by atoms with Crippen molar-refractivity contribution in [3.63, 3.8) is 0 Å². The number of hydrogen-bond donors (Lipinski definition) is 0. The zero-order valence-corrected chi connectivity index (χ0v) is 18.6. The Morgan fingerprint density at radius 1 is 0.688 bits per heavy atom. The third kappa shape index (κ3) is 4.58. The van der Waals surface area contributed by atoms with E-state index in [4.69, 9.17) is 5.10 Å². The van der Waals surface area contributed by atoms with Gasteiger partial charge in [-0.2, -0.15) is 5.10 Å². The number of nitrogens with zero attached hydrogens (tertiary/aromatic N) is 3. The maximum absolute atomic E-state index is 4.92. The van der Waals surface area contributed by atoms with Crippen molar-refractivity contribution in [3.8, 4) is 11.1 Å². The first kappa shape index (κ1) is 20.5. The van der Waals surface area contributed by atoms with Crippen LogP contribution in [0.3, 0.4) is 0 Å². The van der Waals surface area contributed by atoms with E-state index in [1.807, 2.05) is 0 Å². The zero-order chi connectivity index (χ0) is 21.8. The number of piperazine rings is 1. The van der Waals surface area contributed by atoms with Crippen molar-refractivity contribution in [1.29, 1.82) is 0 Å². The van der Waals surface area contributed by atoms with Crippen LogP contribution in [0.2, 0.25) is 0 Å². The molecule has 0 amide bonds. The second-order valence-electron chi connectivity index (χ2n) is 8.50. The van der Waals surface area contributed by atoms with Gasteiger partial charge in [0, 0.05) is 32.7 Å². The van der Waals surface area contributed by atoms with Gasteiger partial charge in [-0.3, -0.25) is 9.91 Å². The molecule has 5 rings (SSSR count). The van der Waals surface area contributed by atoms with E-state index in [1.165, 1.54) is 33.0 Å². The first-order valence-electron chi connectivity index (χ1n) is 11.4. The molecule has 3 heteroatoms. The molecule has 0 aliphatic carbocycles. The maximum atomic E-state index is 4.92. The van der Waals surface area contributed by atoms with Gasteiger partial charge in [0.1, 0.15) is 0 Å². The van der Waals surface area contributed by atoms with Crippen LogP contribution in [0.5, 0.6) is 0 Å². The SMILES string of the molecule is C/C(=N\N1CCN(Cc2cccc3ccccc23)CC1)c1ccc(-c2ccccc2)cc1. The molecule has 4 aromatic carbocycles. The van der Waals surface area contributed by atoms with Crippen LogP contribution in [0.25, 0.3) is 21.9 Å². The molecular weight excluding hydrogens is 390 g/mol. The smallest absolute Gasteiger partial charge is 0.0646 e. The number of benzene rings is 4. The van der Waals surface area contributed by atoms with Gasteiger partial charge in [-0.1, -0.05) is 97.1 Å².